The highest BCUT2D eigenvalue weighted by molar-refractivity contribution is 7.07. The van der Waals surface area contributed by atoms with Crippen LogP contribution in [-0.4, -0.2) is 20.9 Å². The maximum absolute atomic E-state index is 11.2. The minimum absolute atomic E-state index is 0.115. The molecule has 1 fully saturated rings. The van der Waals surface area contributed by atoms with E-state index in [2.05, 4.69) is 9.97 Å². The lowest BCUT2D eigenvalue weighted by Gasteiger charge is -2.22. The van der Waals surface area contributed by atoms with Crippen molar-refractivity contribution in [3.63, 3.8) is 0 Å². The van der Waals surface area contributed by atoms with E-state index in [0.717, 1.165) is 18.4 Å². The second kappa shape index (κ2) is 5.34. The van der Waals surface area contributed by atoms with Gasteiger partial charge in [-0.15, -0.1) is 0 Å². The minimum atomic E-state index is -0.513. The molecule has 1 aliphatic rings. The van der Waals surface area contributed by atoms with Crippen molar-refractivity contribution in [3.05, 3.63) is 44.0 Å². The normalized spacial score (nSPS) is 14.2. The van der Waals surface area contributed by atoms with Gasteiger partial charge in [0, 0.05) is 12.6 Å². The molecule has 0 aromatic carbocycles. The van der Waals surface area contributed by atoms with E-state index in [4.69, 9.17) is 11.6 Å². The van der Waals surface area contributed by atoms with Crippen LogP contribution in [0, 0.1) is 10.1 Å². The van der Waals surface area contributed by atoms with Crippen molar-refractivity contribution in [2.75, 3.05) is 4.90 Å². The van der Waals surface area contributed by atoms with Gasteiger partial charge in [-0.25, -0.2) is 9.97 Å². The van der Waals surface area contributed by atoms with Crippen molar-refractivity contribution in [1.29, 1.82) is 0 Å². The average molecular weight is 311 g/mol. The Hall–Kier alpha value is -1.73. The van der Waals surface area contributed by atoms with Crippen LogP contribution in [0.15, 0.2) is 23.2 Å². The predicted molar refractivity (Wildman–Crippen MR) is 77.2 cm³/mol. The van der Waals surface area contributed by atoms with E-state index in [-0.39, 0.29) is 10.8 Å². The molecule has 20 heavy (non-hydrogen) atoms. The molecule has 1 aliphatic carbocycles. The number of aromatic nitrogens is 2. The average Bonchev–Trinajstić information content (AvgIpc) is 3.12. The lowest BCUT2D eigenvalue weighted by Crippen LogP contribution is -2.26. The molecule has 0 atom stereocenters. The third kappa shape index (κ3) is 2.59. The summed E-state index contributed by atoms with van der Waals surface area (Å²) in [7, 11) is 0. The second-order valence-corrected chi connectivity index (χ2v) is 5.72. The summed E-state index contributed by atoms with van der Waals surface area (Å²) in [6.07, 6.45) is 3.31. The maximum Gasteiger partial charge on any atom is 0.348 e. The quantitative estimate of drug-likeness (QED) is 0.481. The Labute approximate surface area is 124 Å². The smallest absolute Gasteiger partial charge is 0.343 e. The third-order valence-electron chi connectivity index (χ3n) is 3.13. The summed E-state index contributed by atoms with van der Waals surface area (Å²) in [5.41, 5.74) is 0.905. The Kier molecular flexibility index (Phi) is 3.54. The molecule has 2 heterocycles. The first kappa shape index (κ1) is 13.3. The Bertz CT molecular complexity index is 630. The zero-order valence-electron chi connectivity index (χ0n) is 10.4. The van der Waals surface area contributed by atoms with E-state index in [9.17, 15) is 10.1 Å². The fourth-order valence-electron chi connectivity index (χ4n) is 2.06. The molecule has 0 bridgehead atoms. The number of nitro groups is 1. The van der Waals surface area contributed by atoms with Gasteiger partial charge in [0.1, 0.15) is 6.33 Å². The maximum atomic E-state index is 11.2. The summed E-state index contributed by atoms with van der Waals surface area (Å²) in [5, 5.41) is 15.1. The number of hydrogen-bond acceptors (Lipinski definition) is 6. The molecule has 3 rings (SSSR count). The number of hydrogen-bond donors (Lipinski definition) is 0. The summed E-state index contributed by atoms with van der Waals surface area (Å²) in [4.78, 5) is 20.5. The molecule has 0 unspecified atom stereocenters. The van der Waals surface area contributed by atoms with Gasteiger partial charge < -0.3 is 4.90 Å². The van der Waals surface area contributed by atoms with Crippen LogP contribution in [0.5, 0.6) is 0 Å². The van der Waals surface area contributed by atoms with E-state index < -0.39 is 4.92 Å². The lowest BCUT2D eigenvalue weighted by molar-refractivity contribution is -0.384. The topological polar surface area (TPSA) is 72.2 Å². The molecule has 104 valence electrons. The van der Waals surface area contributed by atoms with E-state index in [0.29, 0.717) is 18.4 Å². The summed E-state index contributed by atoms with van der Waals surface area (Å²) in [5.74, 6) is 0.309. The van der Waals surface area contributed by atoms with Gasteiger partial charge in [0.05, 0.1) is 4.92 Å². The molecule has 0 amide bonds. The summed E-state index contributed by atoms with van der Waals surface area (Å²) >= 11 is 7.46. The summed E-state index contributed by atoms with van der Waals surface area (Å²) < 4.78 is 0. The number of nitrogens with zero attached hydrogens (tertiary/aromatic N) is 4. The Morgan fingerprint density at radius 1 is 1.50 bits per heavy atom. The van der Waals surface area contributed by atoms with Crippen LogP contribution in [0.1, 0.15) is 18.4 Å². The third-order valence-corrected chi connectivity index (χ3v) is 4.14. The number of anilines is 1. The fraction of sp³-hybridized carbons (Fsp3) is 0.333. The molecular weight excluding hydrogens is 300 g/mol. The van der Waals surface area contributed by atoms with Crippen molar-refractivity contribution in [2.45, 2.75) is 25.4 Å². The zero-order chi connectivity index (χ0) is 14.1. The molecule has 8 heteroatoms. The number of halogens is 1. The first-order valence-corrected chi connectivity index (χ1v) is 7.41. The van der Waals surface area contributed by atoms with E-state index in [1.807, 2.05) is 21.7 Å². The van der Waals surface area contributed by atoms with Crippen molar-refractivity contribution < 1.29 is 4.92 Å². The van der Waals surface area contributed by atoms with Gasteiger partial charge in [-0.05, 0) is 35.2 Å². The molecule has 1 saturated carbocycles. The predicted octanol–water partition coefficient (Wildman–Crippen LogP) is 3.27. The zero-order valence-corrected chi connectivity index (χ0v) is 12.0. The SMILES string of the molecule is O=[N+]([O-])c1c(Cl)ncnc1N(Cc1ccsc1)C1CC1. The summed E-state index contributed by atoms with van der Waals surface area (Å²) in [6.45, 7) is 0.600. The fourth-order valence-corrected chi connectivity index (χ4v) is 2.92. The van der Waals surface area contributed by atoms with Gasteiger partial charge in [-0.2, -0.15) is 11.3 Å². The summed E-state index contributed by atoms with van der Waals surface area (Å²) in [6, 6.07) is 2.30. The molecule has 2 aromatic rings. The van der Waals surface area contributed by atoms with Gasteiger partial charge in [-0.3, -0.25) is 10.1 Å². The molecular formula is C12H11ClN4O2S. The molecule has 0 saturated heterocycles. The molecule has 6 nitrogen and oxygen atoms in total. The number of thiophene rings is 1. The van der Waals surface area contributed by atoms with Crippen molar-refractivity contribution in [2.24, 2.45) is 0 Å². The van der Waals surface area contributed by atoms with Crippen molar-refractivity contribution in [1.82, 2.24) is 9.97 Å². The molecule has 0 spiro atoms. The highest BCUT2D eigenvalue weighted by Gasteiger charge is 2.35. The Balaban J connectivity index is 1.99. The molecule has 0 aliphatic heterocycles. The van der Waals surface area contributed by atoms with Gasteiger partial charge in [0.15, 0.2) is 0 Å². The molecule has 2 aromatic heterocycles. The Morgan fingerprint density at radius 3 is 2.90 bits per heavy atom. The highest BCUT2D eigenvalue weighted by Crippen LogP contribution is 2.38. The van der Waals surface area contributed by atoms with Crippen LogP contribution in [-0.2, 0) is 6.54 Å². The van der Waals surface area contributed by atoms with Crippen LogP contribution in [0.4, 0.5) is 11.5 Å². The van der Waals surface area contributed by atoms with Crippen LogP contribution in [0.2, 0.25) is 5.15 Å². The van der Waals surface area contributed by atoms with Crippen molar-refractivity contribution in [3.8, 4) is 0 Å². The monoisotopic (exact) mass is 310 g/mol. The molecule has 0 N–H and O–H groups in total. The van der Waals surface area contributed by atoms with Crippen molar-refractivity contribution >= 4 is 34.4 Å². The highest BCUT2D eigenvalue weighted by atomic mass is 35.5. The van der Waals surface area contributed by atoms with Gasteiger partial charge in [0.25, 0.3) is 0 Å². The van der Waals surface area contributed by atoms with Crippen LogP contribution < -0.4 is 4.90 Å². The standard InChI is InChI=1S/C12H11ClN4O2S/c13-11-10(17(18)19)12(15-7-14-11)16(9-1-2-9)5-8-3-4-20-6-8/h3-4,6-7,9H,1-2,5H2. The first-order valence-electron chi connectivity index (χ1n) is 6.09. The molecule has 0 radical (unpaired) electrons. The van der Waals surface area contributed by atoms with Crippen LogP contribution in [0.3, 0.4) is 0 Å². The van der Waals surface area contributed by atoms with E-state index >= 15 is 0 Å². The second-order valence-electron chi connectivity index (χ2n) is 4.58. The lowest BCUT2D eigenvalue weighted by atomic mass is 10.3. The van der Waals surface area contributed by atoms with Gasteiger partial charge in [-0.1, -0.05) is 11.6 Å². The Morgan fingerprint density at radius 2 is 2.30 bits per heavy atom. The van der Waals surface area contributed by atoms with Gasteiger partial charge >= 0.3 is 5.69 Å². The first-order chi connectivity index (χ1) is 9.66. The van der Waals surface area contributed by atoms with E-state index in [1.54, 1.807) is 11.3 Å². The van der Waals surface area contributed by atoms with Gasteiger partial charge in [0.2, 0.25) is 11.0 Å². The largest absolute Gasteiger partial charge is 0.348 e. The number of rotatable bonds is 5. The van der Waals surface area contributed by atoms with Crippen LogP contribution in [0.25, 0.3) is 0 Å². The minimum Gasteiger partial charge on any atom is -0.343 e. The van der Waals surface area contributed by atoms with Crippen LogP contribution >= 0.6 is 22.9 Å². The van der Waals surface area contributed by atoms with E-state index in [1.165, 1.54) is 6.33 Å².